The Hall–Kier alpha value is -2.18. The number of carbonyl (C=O) groups excluding carboxylic acids is 2. The average molecular weight is 332 g/mol. The first-order valence-corrected chi connectivity index (χ1v) is 7.94. The number of anilines is 1. The van der Waals surface area contributed by atoms with Crippen molar-refractivity contribution in [3.05, 3.63) is 42.0 Å². The van der Waals surface area contributed by atoms with E-state index in [4.69, 9.17) is 5.73 Å². The fourth-order valence-electron chi connectivity index (χ4n) is 1.75. The van der Waals surface area contributed by atoms with E-state index >= 15 is 0 Å². The van der Waals surface area contributed by atoms with Gasteiger partial charge in [-0.1, -0.05) is 19.9 Å². The third-order valence-corrected chi connectivity index (χ3v) is 3.43. The molecule has 0 aliphatic rings. The van der Waals surface area contributed by atoms with Crippen LogP contribution in [0.2, 0.25) is 0 Å². The standard InChI is InChI=1S/C18H28N4O2/c1-18(2,12-19)13-20-17(24)14-7-9-15(10-8-14)21-16(23)6-5-11-22(3)4/h5-10H,11-13,19H2,1-4H3,(H,20,24)(H,21,23)/b6-5+. The minimum atomic E-state index is -0.196. The molecule has 4 N–H and O–H groups in total. The maximum Gasteiger partial charge on any atom is 0.251 e. The highest BCUT2D eigenvalue weighted by atomic mass is 16.2. The molecule has 0 radical (unpaired) electrons. The molecule has 6 heteroatoms. The van der Waals surface area contributed by atoms with Crippen molar-refractivity contribution in [2.75, 3.05) is 39.0 Å². The zero-order valence-corrected chi connectivity index (χ0v) is 14.9. The second-order valence-corrected chi connectivity index (χ2v) is 6.78. The fourth-order valence-corrected chi connectivity index (χ4v) is 1.75. The van der Waals surface area contributed by atoms with Gasteiger partial charge in [0.15, 0.2) is 0 Å². The monoisotopic (exact) mass is 332 g/mol. The van der Waals surface area contributed by atoms with E-state index in [9.17, 15) is 9.59 Å². The highest BCUT2D eigenvalue weighted by molar-refractivity contribution is 6.00. The normalized spacial score (nSPS) is 11.8. The average Bonchev–Trinajstić information content (AvgIpc) is 2.53. The Bertz CT molecular complexity index is 577. The van der Waals surface area contributed by atoms with Crippen LogP contribution in [0.4, 0.5) is 5.69 Å². The van der Waals surface area contributed by atoms with Crippen LogP contribution in [0.5, 0.6) is 0 Å². The van der Waals surface area contributed by atoms with E-state index in [1.807, 2.05) is 32.8 Å². The van der Waals surface area contributed by atoms with Gasteiger partial charge in [-0.15, -0.1) is 0 Å². The zero-order valence-electron chi connectivity index (χ0n) is 14.9. The summed E-state index contributed by atoms with van der Waals surface area (Å²) in [5.41, 5.74) is 6.70. The Morgan fingerprint density at radius 3 is 2.38 bits per heavy atom. The van der Waals surface area contributed by atoms with Crippen LogP contribution in [0.15, 0.2) is 36.4 Å². The van der Waals surface area contributed by atoms with E-state index in [1.165, 1.54) is 6.08 Å². The Morgan fingerprint density at radius 2 is 1.83 bits per heavy atom. The second kappa shape index (κ2) is 9.20. The van der Waals surface area contributed by atoms with Crippen LogP contribution < -0.4 is 16.4 Å². The van der Waals surface area contributed by atoms with Crippen LogP contribution in [-0.4, -0.2) is 50.4 Å². The van der Waals surface area contributed by atoms with Crippen LogP contribution in [0.1, 0.15) is 24.2 Å². The van der Waals surface area contributed by atoms with Crippen molar-refractivity contribution in [3.63, 3.8) is 0 Å². The van der Waals surface area contributed by atoms with Gasteiger partial charge in [-0.3, -0.25) is 9.59 Å². The lowest BCUT2D eigenvalue weighted by molar-refractivity contribution is -0.111. The minimum absolute atomic E-state index is 0.136. The predicted octanol–water partition coefficient (Wildman–Crippen LogP) is 1.46. The van der Waals surface area contributed by atoms with Gasteiger partial charge in [-0.05, 0) is 50.3 Å². The molecular formula is C18H28N4O2. The molecule has 0 spiro atoms. The first kappa shape index (κ1) is 19.9. The van der Waals surface area contributed by atoms with E-state index < -0.39 is 0 Å². The number of benzene rings is 1. The molecule has 2 amide bonds. The summed E-state index contributed by atoms with van der Waals surface area (Å²) in [5.74, 6) is -0.348. The van der Waals surface area contributed by atoms with Crippen molar-refractivity contribution < 1.29 is 9.59 Å². The van der Waals surface area contributed by atoms with Crippen molar-refractivity contribution in [2.24, 2.45) is 11.1 Å². The number of nitrogens with zero attached hydrogens (tertiary/aromatic N) is 1. The molecule has 0 saturated heterocycles. The quantitative estimate of drug-likeness (QED) is 0.629. The van der Waals surface area contributed by atoms with E-state index in [0.29, 0.717) is 30.9 Å². The summed E-state index contributed by atoms with van der Waals surface area (Å²) >= 11 is 0. The molecule has 1 aromatic carbocycles. The first-order chi connectivity index (χ1) is 11.2. The smallest absolute Gasteiger partial charge is 0.251 e. The zero-order chi connectivity index (χ0) is 18.2. The molecule has 1 aromatic rings. The third kappa shape index (κ3) is 7.39. The van der Waals surface area contributed by atoms with E-state index in [1.54, 1.807) is 30.3 Å². The van der Waals surface area contributed by atoms with Gasteiger partial charge < -0.3 is 21.3 Å². The van der Waals surface area contributed by atoms with E-state index in [-0.39, 0.29) is 17.2 Å². The summed E-state index contributed by atoms with van der Waals surface area (Å²) in [6.45, 7) is 5.70. The van der Waals surface area contributed by atoms with Gasteiger partial charge in [0.1, 0.15) is 0 Å². The molecule has 0 aliphatic carbocycles. The van der Waals surface area contributed by atoms with Gasteiger partial charge >= 0.3 is 0 Å². The lowest BCUT2D eigenvalue weighted by Gasteiger charge is -2.22. The number of hydrogen-bond donors (Lipinski definition) is 3. The lowest BCUT2D eigenvalue weighted by Crippen LogP contribution is -2.38. The SMILES string of the molecule is CN(C)C/C=C/C(=O)Nc1ccc(C(=O)NCC(C)(C)CN)cc1. The van der Waals surface area contributed by atoms with Crippen molar-refractivity contribution in [2.45, 2.75) is 13.8 Å². The molecule has 24 heavy (non-hydrogen) atoms. The number of amides is 2. The van der Waals surface area contributed by atoms with Crippen LogP contribution in [-0.2, 0) is 4.79 Å². The Morgan fingerprint density at radius 1 is 1.21 bits per heavy atom. The van der Waals surface area contributed by atoms with Crippen molar-refractivity contribution in [1.29, 1.82) is 0 Å². The summed E-state index contributed by atoms with van der Waals surface area (Å²) in [7, 11) is 3.86. The van der Waals surface area contributed by atoms with Gasteiger partial charge in [0.25, 0.3) is 5.91 Å². The highest BCUT2D eigenvalue weighted by Gasteiger charge is 2.17. The molecule has 0 fully saturated rings. The molecule has 0 aromatic heterocycles. The third-order valence-electron chi connectivity index (χ3n) is 3.43. The fraction of sp³-hybridized carbons (Fsp3) is 0.444. The minimum Gasteiger partial charge on any atom is -0.351 e. The second-order valence-electron chi connectivity index (χ2n) is 6.78. The summed E-state index contributed by atoms with van der Waals surface area (Å²) in [5, 5.41) is 5.62. The number of hydrogen-bond acceptors (Lipinski definition) is 4. The van der Waals surface area contributed by atoms with Gasteiger partial charge in [-0.25, -0.2) is 0 Å². The van der Waals surface area contributed by atoms with Crippen molar-refractivity contribution in [3.8, 4) is 0 Å². The predicted molar refractivity (Wildman–Crippen MR) is 97.9 cm³/mol. The summed E-state index contributed by atoms with van der Waals surface area (Å²) in [4.78, 5) is 25.8. The molecule has 0 unspecified atom stereocenters. The molecule has 1 rings (SSSR count). The van der Waals surface area contributed by atoms with E-state index in [2.05, 4.69) is 10.6 Å². The van der Waals surface area contributed by atoms with Crippen LogP contribution in [0.3, 0.4) is 0 Å². The first-order valence-electron chi connectivity index (χ1n) is 7.94. The molecular weight excluding hydrogens is 304 g/mol. The Kier molecular flexibility index (Phi) is 7.61. The van der Waals surface area contributed by atoms with Gasteiger partial charge in [0.2, 0.25) is 5.91 Å². The number of nitrogens with one attached hydrogen (secondary N) is 2. The lowest BCUT2D eigenvalue weighted by atomic mass is 9.94. The van der Waals surface area contributed by atoms with Gasteiger partial charge in [0.05, 0.1) is 0 Å². The number of carbonyl (C=O) groups is 2. The highest BCUT2D eigenvalue weighted by Crippen LogP contribution is 2.12. The summed E-state index contributed by atoms with van der Waals surface area (Å²) in [6.07, 6.45) is 3.28. The van der Waals surface area contributed by atoms with Gasteiger partial charge in [0, 0.05) is 30.4 Å². The number of nitrogens with two attached hydrogens (primary N) is 1. The Balaban J connectivity index is 2.55. The summed E-state index contributed by atoms with van der Waals surface area (Å²) in [6, 6.07) is 6.79. The molecule has 0 heterocycles. The van der Waals surface area contributed by atoms with Gasteiger partial charge in [-0.2, -0.15) is 0 Å². The molecule has 132 valence electrons. The maximum atomic E-state index is 12.1. The van der Waals surface area contributed by atoms with Crippen LogP contribution in [0.25, 0.3) is 0 Å². The van der Waals surface area contributed by atoms with Crippen molar-refractivity contribution in [1.82, 2.24) is 10.2 Å². The molecule has 0 aliphatic heterocycles. The number of rotatable bonds is 8. The molecule has 0 saturated carbocycles. The Labute approximate surface area is 144 Å². The topological polar surface area (TPSA) is 87.5 Å². The molecule has 6 nitrogen and oxygen atoms in total. The largest absolute Gasteiger partial charge is 0.351 e. The van der Waals surface area contributed by atoms with Crippen LogP contribution >= 0.6 is 0 Å². The number of likely N-dealkylation sites (N-methyl/N-ethyl adjacent to an activating group) is 1. The maximum absolute atomic E-state index is 12.1. The molecule has 0 bridgehead atoms. The van der Waals surface area contributed by atoms with E-state index in [0.717, 1.165) is 0 Å². The molecule has 0 atom stereocenters. The summed E-state index contributed by atoms with van der Waals surface area (Å²) < 4.78 is 0. The van der Waals surface area contributed by atoms with Crippen LogP contribution in [0, 0.1) is 5.41 Å². The van der Waals surface area contributed by atoms with Crippen molar-refractivity contribution >= 4 is 17.5 Å².